The molecule has 1 aliphatic carbocycles. The quantitative estimate of drug-likeness (QED) is 0.780. The van der Waals surface area contributed by atoms with Gasteiger partial charge >= 0.3 is 0 Å². The Kier molecular flexibility index (Phi) is 3.75. The van der Waals surface area contributed by atoms with Crippen molar-refractivity contribution in [2.45, 2.75) is 37.8 Å². The highest BCUT2D eigenvalue weighted by atomic mass is 35.5. The van der Waals surface area contributed by atoms with Gasteiger partial charge in [-0.3, -0.25) is 0 Å². The maximum atomic E-state index is 6.09. The predicted octanol–water partition coefficient (Wildman–Crippen LogP) is 2.29. The molecule has 3 rings (SSSR count). The standard InChI is InChI=1S/C13H18ClN3O2/c1-18-11-12(14)15-8-16-13(11)17-6-7-19-10-5-3-2-4-9(10)17/h8-10H,2-7H2,1H3. The van der Waals surface area contributed by atoms with Gasteiger partial charge in [0.2, 0.25) is 0 Å². The summed E-state index contributed by atoms with van der Waals surface area (Å²) in [5, 5.41) is 0.367. The number of nitrogens with zero attached hydrogens (tertiary/aromatic N) is 3. The van der Waals surface area contributed by atoms with E-state index in [0.29, 0.717) is 23.0 Å². The maximum Gasteiger partial charge on any atom is 0.199 e. The predicted molar refractivity (Wildman–Crippen MR) is 72.9 cm³/mol. The van der Waals surface area contributed by atoms with E-state index in [4.69, 9.17) is 21.1 Å². The third-order valence-corrected chi connectivity index (χ3v) is 4.22. The van der Waals surface area contributed by atoms with Crippen LogP contribution in [0, 0.1) is 0 Å². The van der Waals surface area contributed by atoms with Crippen LogP contribution in [0.3, 0.4) is 0 Å². The van der Waals surface area contributed by atoms with Gasteiger partial charge in [0.05, 0.1) is 25.9 Å². The molecule has 19 heavy (non-hydrogen) atoms. The van der Waals surface area contributed by atoms with Crippen molar-refractivity contribution < 1.29 is 9.47 Å². The van der Waals surface area contributed by atoms with Gasteiger partial charge in [-0.1, -0.05) is 24.4 Å². The van der Waals surface area contributed by atoms with Crippen molar-refractivity contribution in [3.63, 3.8) is 0 Å². The van der Waals surface area contributed by atoms with Gasteiger partial charge in [-0.2, -0.15) is 0 Å². The van der Waals surface area contributed by atoms with E-state index in [1.54, 1.807) is 7.11 Å². The van der Waals surface area contributed by atoms with Crippen molar-refractivity contribution in [3.8, 4) is 5.75 Å². The molecule has 2 unspecified atom stereocenters. The monoisotopic (exact) mass is 283 g/mol. The van der Waals surface area contributed by atoms with Crippen LogP contribution in [0.1, 0.15) is 25.7 Å². The van der Waals surface area contributed by atoms with Crippen molar-refractivity contribution in [3.05, 3.63) is 11.5 Å². The summed E-state index contributed by atoms with van der Waals surface area (Å²) >= 11 is 6.09. The Hall–Kier alpha value is -1.07. The molecule has 1 aromatic heterocycles. The number of aromatic nitrogens is 2. The SMILES string of the molecule is COc1c(Cl)ncnc1N1CCOC2CCCCC21. The van der Waals surface area contributed by atoms with E-state index in [-0.39, 0.29) is 0 Å². The van der Waals surface area contributed by atoms with Gasteiger partial charge in [-0.25, -0.2) is 9.97 Å². The number of hydrogen-bond donors (Lipinski definition) is 0. The van der Waals surface area contributed by atoms with E-state index in [0.717, 1.165) is 31.8 Å². The number of hydrogen-bond acceptors (Lipinski definition) is 5. The number of fused-ring (bicyclic) bond motifs is 1. The molecule has 0 N–H and O–H groups in total. The molecule has 5 nitrogen and oxygen atoms in total. The summed E-state index contributed by atoms with van der Waals surface area (Å²) in [6.07, 6.45) is 6.55. The number of ether oxygens (including phenoxy) is 2. The van der Waals surface area contributed by atoms with Gasteiger partial charge < -0.3 is 14.4 Å². The van der Waals surface area contributed by atoms with Gasteiger partial charge in [0.25, 0.3) is 0 Å². The first-order valence-corrected chi connectivity index (χ1v) is 7.12. The average Bonchev–Trinajstić information content (AvgIpc) is 2.46. The lowest BCUT2D eigenvalue weighted by molar-refractivity contribution is -0.00915. The highest BCUT2D eigenvalue weighted by Crippen LogP contribution is 2.37. The molecule has 1 saturated heterocycles. The zero-order valence-corrected chi connectivity index (χ0v) is 11.8. The lowest BCUT2D eigenvalue weighted by Crippen LogP contribution is -2.53. The highest BCUT2D eigenvalue weighted by molar-refractivity contribution is 6.31. The number of anilines is 1. The summed E-state index contributed by atoms with van der Waals surface area (Å²) in [5.41, 5.74) is 0. The molecule has 0 aromatic carbocycles. The molecule has 1 aromatic rings. The van der Waals surface area contributed by atoms with Crippen LogP contribution in [0.15, 0.2) is 6.33 Å². The number of rotatable bonds is 2. The second-order valence-electron chi connectivity index (χ2n) is 4.98. The van der Waals surface area contributed by atoms with Crippen molar-refractivity contribution in [2.24, 2.45) is 0 Å². The highest BCUT2D eigenvalue weighted by Gasteiger charge is 2.36. The molecule has 1 saturated carbocycles. The summed E-state index contributed by atoms with van der Waals surface area (Å²) < 4.78 is 11.2. The lowest BCUT2D eigenvalue weighted by atomic mass is 9.90. The molecule has 6 heteroatoms. The fraction of sp³-hybridized carbons (Fsp3) is 0.692. The van der Waals surface area contributed by atoms with E-state index >= 15 is 0 Å². The van der Waals surface area contributed by atoms with Gasteiger partial charge in [0.15, 0.2) is 16.7 Å². The zero-order valence-electron chi connectivity index (χ0n) is 11.0. The Morgan fingerprint density at radius 3 is 3.05 bits per heavy atom. The summed E-state index contributed by atoms with van der Waals surface area (Å²) in [5.74, 6) is 1.36. The summed E-state index contributed by atoms with van der Waals surface area (Å²) in [6.45, 7) is 1.55. The molecule has 0 bridgehead atoms. The van der Waals surface area contributed by atoms with Crippen LogP contribution in [0.25, 0.3) is 0 Å². The molecule has 0 spiro atoms. The summed E-state index contributed by atoms with van der Waals surface area (Å²) in [6, 6.07) is 0.377. The lowest BCUT2D eigenvalue weighted by Gasteiger charge is -2.44. The van der Waals surface area contributed by atoms with E-state index in [9.17, 15) is 0 Å². The molecule has 104 valence electrons. The average molecular weight is 284 g/mol. The molecular formula is C13H18ClN3O2. The molecule has 2 aliphatic rings. The van der Waals surface area contributed by atoms with E-state index in [1.807, 2.05) is 0 Å². The minimum absolute atomic E-state index is 0.306. The summed E-state index contributed by atoms with van der Waals surface area (Å²) in [7, 11) is 1.60. The topological polar surface area (TPSA) is 47.5 Å². The first-order chi connectivity index (χ1) is 9.31. The molecule has 2 fully saturated rings. The number of morpholine rings is 1. The van der Waals surface area contributed by atoms with Crippen LogP contribution in [-0.2, 0) is 4.74 Å². The second kappa shape index (κ2) is 5.51. The van der Waals surface area contributed by atoms with E-state index in [1.165, 1.54) is 19.2 Å². The largest absolute Gasteiger partial charge is 0.490 e. The maximum absolute atomic E-state index is 6.09. The van der Waals surface area contributed by atoms with Crippen molar-refractivity contribution in [1.82, 2.24) is 9.97 Å². The summed E-state index contributed by atoms with van der Waals surface area (Å²) in [4.78, 5) is 10.6. The minimum atomic E-state index is 0.306. The van der Waals surface area contributed by atoms with E-state index < -0.39 is 0 Å². The Morgan fingerprint density at radius 1 is 1.37 bits per heavy atom. The second-order valence-corrected chi connectivity index (χ2v) is 5.33. The first kappa shape index (κ1) is 12.9. The Balaban J connectivity index is 1.94. The van der Waals surface area contributed by atoms with Gasteiger partial charge in [-0.05, 0) is 12.8 Å². The van der Waals surface area contributed by atoms with Crippen molar-refractivity contribution >= 4 is 17.4 Å². The third kappa shape index (κ3) is 2.37. The first-order valence-electron chi connectivity index (χ1n) is 6.74. The Morgan fingerprint density at radius 2 is 2.21 bits per heavy atom. The third-order valence-electron chi connectivity index (χ3n) is 3.95. The molecule has 0 radical (unpaired) electrons. The van der Waals surface area contributed by atoms with E-state index in [2.05, 4.69) is 14.9 Å². The molecule has 2 atom stereocenters. The van der Waals surface area contributed by atoms with Crippen LogP contribution >= 0.6 is 11.6 Å². The smallest absolute Gasteiger partial charge is 0.199 e. The molecule has 1 aliphatic heterocycles. The normalized spacial score (nSPS) is 26.9. The van der Waals surface area contributed by atoms with Crippen molar-refractivity contribution in [2.75, 3.05) is 25.2 Å². The Labute approximate surface area is 117 Å². The molecule has 2 heterocycles. The van der Waals surface area contributed by atoms with Gasteiger partial charge in [0.1, 0.15) is 6.33 Å². The zero-order chi connectivity index (χ0) is 13.2. The Bertz CT molecular complexity index is 456. The molecular weight excluding hydrogens is 266 g/mol. The van der Waals surface area contributed by atoms with Gasteiger partial charge in [-0.15, -0.1) is 0 Å². The van der Waals surface area contributed by atoms with Crippen LogP contribution in [0.4, 0.5) is 5.82 Å². The number of methoxy groups -OCH3 is 1. The van der Waals surface area contributed by atoms with Crippen LogP contribution < -0.4 is 9.64 Å². The minimum Gasteiger partial charge on any atom is -0.490 e. The fourth-order valence-corrected chi connectivity index (χ4v) is 3.29. The van der Waals surface area contributed by atoms with Crippen LogP contribution in [0.2, 0.25) is 5.15 Å². The van der Waals surface area contributed by atoms with Gasteiger partial charge in [0, 0.05) is 6.54 Å². The van der Waals surface area contributed by atoms with Crippen molar-refractivity contribution in [1.29, 1.82) is 0 Å². The van der Waals surface area contributed by atoms with Crippen LogP contribution in [0.5, 0.6) is 5.75 Å². The van der Waals surface area contributed by atoms with Crippen LogP contribution in [-0.4, -0.2) is 42.4 Å². The number of halogens is 1. The molecule has 0 amide bonds. The fourth-order valence-electron chi connectivity index (χ4n) is 3.08.